The number of hydrogen-bond donors (Lipinski definition) is 1. The van der Waals surface area contributed by atoms with Crippen LogP contribution in [0.15, 0.2) is 27.5 Å². The largest absolute Gasteiger partial charge is 0.461 e. The summed E-state index contributed by atoms with van der Waals surface area (Å²) in [6.45, 7) is 3.61. The van der Waals surface area contributed by atoms with E-state index < -0.39 is 5.97 Å². The number of fused-ring (bicyclic) bond motifs is 1. The van der Waals surface area contributed by atoms with Gasteiger partial charge in [-0.15, -0.1) is 11.8 Å². The van der Waals surface area contributed by atoms with Crippen LogP contribution in [-0.4, -0.2) is 28.0 Å². The Hall–Kier alpha value is -1.53. The number of nitrogens with zero attached hydrogens (tertiary/aromatic N) is 1. The third kappa shape index (κ3) is 2.46. The summed E-state index contributed by atoms with van der Waals surface area (Å²) in [4.78, 5) is 24.0. The van der Waals surface area contributed by atoms with Crippen LogP contribution in [-0.2, 0) is 16.1 Å². The number of aliphatic hydroxyl groups is 1. The maximum Gasteiger partial charge on any atom is 0.355 e. The van der Waals surface area contributed by atoms with Crippen molar-refractivity contribution in [2.45, 2.75) is 25.5 Å². The summed E-state index contributed by atoms with van der Waals surface area (Å²) in [5.41, 5.74) is 1.42. The molecule has 0 bridgehead atoms. The number of hydrogen-bond acceptors (Lipinski definition) is 5. The van der Waals surface area contributed by atoms with Crippen LogP contribution in [0.1, 0.15) is 19.4 Å². The molecule has 0 saturated carbocycles. The van der Waals surface area contributed by atoms with Crippen LogP contribution in [0.25, 0.3) is 5.70 Å². The molecule has 0 radical (unpaired) electrons. The SMILES string of the molecule is CCOC(=O)C1=C(C)CSc2c(CO)ccc(=O)n21. The lowest BCUT2D eigenvalue weighted by Gasteiger charge is -2.23. The number of thioether (sulfide) groups is 1. The molecule has 0 saturated heterocycles. The number of ether oxygens (including phenoxy) is 1. The van der Waals surface area contributed by atoms with Gasteiger partial charge in [0.1, 0.15) is 5.70 Å². The molecule has 2 rings (SSSR count). The molecule has 19 heavy (non-hydrogen) atoms. The Bertz CT molecular complexity index is 603. The van der Waals surface area contributed by atoms with E-state index in [9.17, 15) is 14.7 Å². The van der Waals surface area contributed by atoms with Crippen LogP contribution in [0.2, 0.25) is 0 Å². The van der Waals surface area contributed by atoms with Crippen molar-refractivity contribution in [3.8, 4) is 0 Å². The Balaban J connectivity index is 2.65. The molecule has 1 aromatic rings. The molecular weight excluding hydrogens is 266 g/mol. The van der Waals surface area contributed by atoms with E-state index in [0.29, 0.717) is 16.3 Å². The number of rotatable bonds is 3. The van der Waals surface area contributed by atoms with Crippen molar-refractivity contribution in [1.29, 1.82) is 0 Å². The van der Waals surface area contributed by atoms with Crippen LogP contribution < -0.4 is 5.56 Å². The highest BCUT2D eigenvalue weighted by Gasteiger charge is 2.26. The Kier molecular flexibility index (Phi) is 4.11. The third-order valence-corrected chi connectivity index (χ3v) is 4.11. The molecule has 1 aromatic heterocycles. The molecule has 6 heteroatoms. The standard InChI is InChI=1S/C13H15NO4S/c1-3-18-13(17)11-8(2)7-19-12-9(6-15)4-5-10(16)14(11)12/h4-5,15H,3,6-7H2,1-2H3. The summed E-state index contributed by atoms with van der Waals surface area (Å²) in [6, 6.07) is 2.94. The molecule has 0 atom stereocenters. The molecular formula is C13H15NO4S. The maximum atomic E-state index is 12.0. The average Bonchev–Trinajstić information content (AvgIpc) is 2.39. The van der Waals surface area contributed by atoms with Crippen LogP contribution >= 0.6 is 11.8 Å². The fourth-order valence-electron chi connectivity index (χ4n) is 1.95. The highest BCUT2D eigenvalue weighted by atomic mass is 32.2. The first-order chi connectivity index (χ1) is 9.10. The summed E-state index contributed by atoms with van der Waals surface area (Å²) in [6.07, 6.45) is 0. The number of esters is 1. The van der Waals surface area contributed by atoms with Gasteiger partial charge in [-0.1, -0.05) is 0 Å². The maximum absolute atomic E-state index is 12.0. The summed E-state index contributed by atoms with van der Waals surface area (Å²) >= 11 is 1.44. The number of carbonyl (C=O) groups excluding carboxylic acids is 1. The molecule has 0 spiro atoms. The normalized spacial score (nSPS) is 14.3. The summed E-state index contributed by atoms with van der Waals surface area (Å²) < 4.78 is 6.35. The second kappa shape index (κ2) is 5.63. The lowest BCUT2D eigenvalue weighted by Crippen LogP contribution is -2.29. The van der Waals surface area contributed by atoms with Crippen LogP contribution in [0.4, 0.5) is 0 Å². The zero-order chi connectivity index (χ0) is 14.0. The quantitative estimate of drug-likeness (QED) is 0.844. The second-order valence-corrected chi connectivity index (χ2v) is 5.10. The summed E-state index contributed by atoms with van der Waals surface area (Å²) in [5, 5.41) is 9.93. The van der Waals surface area contributed by atoms with E-state index in [2.05, 4.69) is 0 Å². The Morgan fingerprint density at radius 2 is 2.26 bits per heavy atom. The first-order valence-electron chi connectivity index (χ1n) is 5.96. The Labute approximate surface area is 114 Å². The van der Waals surface area contributed by atoms with E-state index in [0.717, 1.165) is 5.57 Å². The molecule has 0 amide bonds. The van der Waals surface area contributed by atoms with Gasteiger partial charge in [0.05, 0.1) is 18.2 Å². The number of carbonyl (C=O) groups is 1. The molecule has 0 aromatic carbocycles. The van der Waals surface area contributed by atoms with Crippen molar-refractivity contribution in [3.05, 3.63) is 33.6 Å². The van der Waals surface area contributed by atoms with Crippen molar-refractivity contribution in [2.75, 3.05) is 12.4 Å². The van der Waals surface area contributed by atoms with Crippen molar-refractivity contribution < 1.29 is 14.6 Å². The van der Waals surface area contributed by atoms with Crippen molar-refractivity contribution in [2.24, 2.45) is 0 Å². The van der Waals surface area contributed by atoms with Gasteiger partial charge >= 0.3 is 5.97 Å². The molecule has 102 valence electrons. The summed E-state index contributed by atoms with van der Waals surface area (Å²) in [5.74, 6) is 0.101. The van der Waals surface area contributed by atoms with Gasteiger partial charge in [0.15, 0.2) is 0 Å². The zero-order valence-electron chi connectivity index (χ0n) is 10.8. The van der Waals surface area contributed by atoms with Gasteiger partial charge in [0, 0.05) is 17.4 Å². The monoisotopic (exact) mass is 281 g/mol. The van der Waals surface area contributed by atoms with Crippen LogP contribution in [0.5, 0.6) is 0 Å². The fourth-order valence-corrected chi connectivity index (χ4v) is 3.07. The van der Waals surface area contributed by atoms with Gasteiger partial charge in [-0.25, -0.2) is 4.79 Å². The van der Waals surface area contributed by atoms with Crippen LogP contribution in [0.3, 0.4) is 0 Å². The van der Waals surface area contributed by atoms with Gasteiger partial charge < -0.3 is 9.84 Å². The topological polar surface area (TPSA) is 68.5 Å². The van der Waals surface area contributed by atoms with Gasteiger partial charge in [-0.05, 0) is 25.5 Å². The molecule has 5 nitrogen and oxygen atoms in total. The predicted molar refractivity (Wildman–Crippen MR) is 72.9 cm³/mol. The molecule has 0 unspecified atom stereocenters. The van der Waals surface area contributed by atoms with Crippen molar-refractivity contribution >= 4 is 23.4 Å². The third-order valence-electron chi connectivity index (χ3n) is 2.82. The van der Waals surface area contributed by atoms with Gasteiger partial charge in [0.2, 0.25) is 0 Å². The fraction of sp³-hybridized carbons (Fsp3) is 0.385. The highest BCUT2D eigenvalue weighted by Crippen LogP contribution is 2.32. The van der Waals surface area contributed by atoms with Crippen LogP contribution in [0, 0.1) is 0 Å². The van der Waals surface area contributed by atoms with E-state index in [1.807, 2.05) is 0 Å². The zero-order valence-corrected chi connectivity index (χ0v) is 11.6. The Morgan fingerprint density at radius 3 is 2.89 bits per heavy atom. The minimum absolute atomic E-state index is 0.169. The molecule has 1 aliphatic rings. The van der Waals surface area contributed by atoms with Gasteiger partial charge in [-0.2, -0.15) is 0 Å². The lowest BCUT2D eigenvalue weighted by molar-refractivity contribution is -0.136. The minimum atomic E-state index is -0.501. The van der Waals surface area contributed by atoms with E-state index in [4.69, 9.17) is 4.74 Å². The van der Waals surface area contributed by atoms with Crippen molar-refractivity contribution in [1.82, 2.24) is 4.57 Å². The van der Waals surface area contributed by atoms with E-state index in [1.165, 1.54) is 22.4 Å². The van der Waals surface area contributed by atoms with Crippen molar-refractivity contribution in [3.63, 3.8) is 0 Å². The number of aliphatic hydroxyl groups excluding tert-OH is 1. The van der Waals surface area contributed by atoms with E-state index in [1.54, 1.807) is 19.9 Å². The average molecular weight is 281 g/mol. The predicted octanol–water partition coefficient (Wildman–Crippen LogP) is 1.24. The summed E-state index contributed by atoms with van der Waals surface area (Å²) in [7, 11) is 0. The molecule has 0 fully saturated rings. The smallest absolute Gasteiger partial charge is 0.355 e. The first kappa shape index (κ1) is 13.9. The molecule has 1 N–H and O–H groups in total. The van der Waals surface area contributed by atoms with E-state index in [-0.39, 0.29) is 24.5 Å². The lowest BCUT2D eigenvalue weighted by atomic mass is 10.2. The minimum Gasteiger partial charge on any atom is -0.461 e. The Morgan fingerprint density at radius 1 is 1.53 bits per heavy atom. The molecule has 2 heterocycles. The molecule has 0 aliphatic carbocycles. The first-order valence-corrected chi connectivity index (χ1v) is 6.94. The van der Waals surface area contributed by atoms with E-state index >= 15 is 0 Å². The second-order valence-electron chi connectivity index (χ2n) is 4.13. The van der Waals surface area contributed by atoms with Gasteiger partial charge in [0.25, 0.3) is 5.56 Å². The number of pyridine rings is 1. The highest BCUT2D eigenvalue weighted by molar-refractivity contribution is 7.99. The molecule has 1 aliphatic heterocycles. The number of aromatic nitrogens is 1. The van der Waals surface area contributed by atoms with Gasteiger partial charge in [-0.3, -0.25) is 9.36 Å².